The second kappa shape index (κ2) is 5.59. The van der Waals surface area contributed by atoms with E-state index in [4.69, 9.17) is 0 Å². The lowest BCUT2D eigenvalue weighted by Gasteiger charge is -1.89. The maximum Gasteiger partial charge on any atom is 0.251 e. The zero-order chi connectivity index (χ0) is 10.4. The molecule has 1 aromatic heterocycles. The molecule has 1 aliphatic heterocycles. The van der Waals surface area contributed by atoms with Gasteiger partial charge in [0, 0.05) is 6.20 Å². The van der Waals surface area contributed by atoms with Crippen molar-refractivity contribution in [2.75, 3.05) is 13.1 Å². The fourth-order valence-corrected chi connectivity index (χ4v) is 1.02. The SMILES string of the molecule is C1CCNC1.Fc1ccnc(F)c1F. The van der Waals surface area contributed by atoms with Gasteiger partial charge in [0.2, 0.25) is 5.82 Å². The monoisotopic (exact) mass is 204 g/mol. The maximum atomic E-state index is 11.9. The van der Waals surface area contributed by atoms with Crippen molar-refractivity contribution in [1.82, 2.24) is 10.3 Å². The summed E-state index contributed by atoms with van der Waals surface area (Å²) in [4.78, 5) is 2.86. The van der Waals surface area contributed by atoms with Gasteiger partial charge in [-0.3, -0.25) is 0 Å². The third-order valence-electron chi connectivity index (χ3n) is 1.76. The molecule has 1 aliphatic rings. The van der Waals surface area contributed by atoms with Crippen LogP contribution in [0.4, 0.5) is 13.2 Å². The first-order valence-electron chi connectivity index (χ1n) is 4.38. The van der Waals surface area contributed by atoms with Crippen LogP contribution in [0.25, 0.3) is 0 Å². The van der Waals surface area contributed by atoms with Crippen LogP contribution in [0.15, 0.2) is 12.3 Å². The van der Waals surface area contributed by atoms with Crippen molar-refractivity contribution < 1.29 is 13.2 Å². The molecule has 1 fully saturated rings. The van der Waals surface area contributed by atoms with Gasteiger partial charge in [0.25, 0.3) is 5.95 Å². The molecule has 0 amide bonds. The van der Waals surface area contributed by atoms with Crippen molar-refractivity contribution in [3.05, 3.63) is 29.8 Å². The Bertz CT molecular complexity index is 260. The van der Waals surface area contributed by atoms with Gasteiger partial charge in [-0.1, -0.05) is 0 Å². The van der Waals surface area contributed by atoms with E-state index in [-0.39, 0.29) is 0 Å². The van der Waals surface area contributed by atoms with Gasteiger partial charge in [-0.15, -0.1) is 0 Å². The van der Waals surface area contributed by atoms with E-state index in [9.17, 15) is 13.2 Å². The summed E-state index contributed by atoms with van der Waals surface area (Å²) in [7, 11) is 0. The highest BCUT2D eigenvalue weighted by Gasteiger charge is 2.06. The molecule has 5 heteroatoms. The van der Waals surface area contributed by atoms with E-state index >= 15 is 0 Å². The average Bonchev–Trinajstić information content (AvgIpc) is 2.72. The van der Waals surface area contributed by atoms with Crippen molar-refractivity contribution in [2.24, 2.45) is 0 Å². The lowest BCUT2D eigenvalue weighted by molar-refractivity contribution is 0.427. The number of nitrogens with zero attached hydrogens (tertiary/aromatic N) is 1. The van der Waals surface area contributed by atoms with Gasteiger partial charge in [-0.25, -0.2) is 9.37 Å². The molecule has 0 radical (unpaired) electrons. The average molecular weight is 204 g/mol. The molecule has 0 aromatic carbocycles. The summed E-state index contributed by atoms with van der Waals surface area (Å²) in [5, 5.41) is 3.22. The van der Waals surface area contributed by atoms with Gasteiger partial charge in [-0.2, -0.15) is 8.78 Å². The second-order valence-corrected chi connectivity index (χ2v) is 2.85. The van der Waals surface area contributed by atoms with Crippen molar-refractivity contribution in [3.63, 3.8) is 0 Å². The smallest absolute Gasteiger partial charge is 0.251 e. The predicted octanol–water partition coefficient (Wildman–Crippen LogP) is 1.87. The van der Waals surface area contributed by atoms with Crippen LogP contribution in [0.3, 0.4) is 0 Å². The molecule has 78 valence electrons. The number of aromatic nitrogens is 1. The molecule has 2 rings (SSSR count). The Morgan fingerprint density at radius 3 is 2.14 bits per heavy atom. The van der Waals surface area contributed by atoms with Crippen LogP contribution in [0.1, 0.15) is 12.8 Å². The van der Waals surface area contributed by atoms with E-state index < -0.39 is 17.6 Å². The number of rotatable bonds is 0. The molecule has 0 spiro atoms. The summed E-state index contributed by atoms with van der Waals surface area (Å²) in [6.07, 6.45) is 3.63. The molecule has 0 atom stereocenters. The maximum absolute atomic E-state index is 11.9. The van der Waals surface area contributed by atoms with Crippen LogP contribution in [0.5, 0.6) is 0 Å². The van der Waals surface area contributed by atoms with E-state index in [1.54, 1.807) is 0 Å². The number of nitrogens with one attached hydrogen (secondary N) is 1. The molecule has 0 aliphatic carbocycles. The number of halogens is 3. The standard InChI is InChI=1S/C5H2F3N.C4H9N/c6-3-1-2-9-5(8)4(3)7;1-2-4-5-3-1/h1-2H;5H,1-4H2. The first-order chi connectivity index (χ1) is 6.72. The largest absolute Gasteiger partial charge is 0.317 e. The Balaban J connectivity index is 0.000000165. The summed E-state index contributed by atoms with van der Waals surface area (Å²) in [6, 6.07) is 0.748. The zero-order valence-electron chi connectivity index (χ0n) is 7.56. The van der Waals surface area contributed by atoms with Crippen LogP contribution in [-0.2, 0) is 0 Å². The van der Waals surface area contributed by atoms with Gasteiger partial charge in [0.05, 0.1) is 0 Å². The highest BCUT2D eigenvalue weighted by molar-refractivity contribution is 4.98. The second-order valence-electron chi connectivity index (χ2n) is 2.85. The molecular weight excluding hydrogens is 193 g/mol. The van der Waals surface area contributed by atoms with Crippen molar-refractivity contribution in [2.45, 2.75) is 12.8 Å². The molecule has 1 saturated heterocycles. The summed E-state index contributed by atoms with van der Waals surface area (Å²) >= 11 is 0. The number of hydrogen-bond acceptors (Lipinski definition) is 2. The van der Waals surface area contributed by atoms with E-state index in [0.29, 0.717) is 0 Å². The highest BCUT2D eigenvalue weighted by Crippen LogP contribution is 2.04. The molecule has 0 unspecified atom stereocenters. The fraction of sp³-hybridized carbons (Fsp3) is 0.444. The van der Waals surface area contributed by atoms with Crippen molar-refractivity contribution >= 4 is 0 Å². The molecule has 0 saturated carbocycles. The third-order valence-corrected chi connectivity index (χ3v) is 1.76. The molecule has 2 nitrogen and oxygen atoms in total. The van der Waals surface area contributed by atoms with Gasteiger partial charge >= 0.3 is 0 Å². The predicted molar refractivity (Wildman–Crippen MR) is 46.2 cm³/mol. The first kappa shape index (κ1) is 11.0. The van der Waals surface area contributed by atoms with Crippen LogP contribution >= 0.6 is 0 Å². The lowest BCUT2D eigenvalue weighted by Crippen LogP contribution is -2.03. The topological polar surface area (TPSA) is 24.9 Å². The normalized spacial score (nSPS) is 14.8. The Morgan fingerprint density at radius 1 is 1.14 bits per heavy atom. The van der Waals surface area contributed by atoms with Gasteiger partial charge < -0.3 is 5.32 Å². The van der Waals surface area contributed by atoms with Crippen LogP contribution in [-0.4, -0.2) is 18.1 Å². The minimum atomic E-state index is -1.53. The van der Waals surface area contributed by atoms with E-state index in [1.807, 2.05) is 0 Å². The number of pyridine rings is 1. The van der Waals surface area contributed by atoms with Crippen molar-refractivity contribution in [1.29, 1.82) is 0 Å². The van der Waals surface area contributed by atoms with E-state index in [2.05, 4.69) is 10.3 Å². The quantitative estimate of drug-likeness (QED) is 0.652. The minimum absolute atomic E-state index is 0.748. The fourth-order valence-electron chi connectivity index (χ4n) is 1.02. The highest BCUT2D eigenvalue weighted by atomic mass is 19.2. The molecule has 1 aromatic rings. The van der Waals surface area contributed by atoms with Gasteiger partial charge in [0.15, 0.2) is 5.82 Å². The lowest BCUT2D eigenvalue weighted by atomic mass is 10.4. The summed E-state index contributed by atoms with van der Waals surface area (Å²) < 4.78 is 35.7. The molecular formula is C9H11F3N2. The van der Waals surface area contributed by atoms with E-state index in [1.165, 1.54) is 25.9 Å². The van der Waals surface area contributed by atoms with Gasteiger partial charge in [0.1, 0.15) is 0 Å². The van der Waals surface area contributed by atoms with Crippen LogP contribution in [0, 0.1) is 17.6 Å². The molecule has 14 heavy (non-hydrogen) atoms. The van der Waals surface area contributed by atoms with Gasteiger partial charge in [-0.05, 0) is 32.0 Å². The Labute approximate surface area is 80.2 Å². The van der Waals surface area contributed by atoms with Crippen LogP contribution in [0.2, 0.25) is 0 Å². The number of hydrogen-bond donors (Lipinski definition) is 1. The summed E-state index contributed by atoms with van der Waals surface area (Å²) in [6.45, 7) is 2.50. The molecule has 0 bridgehead atoms. The molecule has 2 heterocycles. The minimum Gasteiger partial charge on any atom is -0.317 e. The molecule has 1 N–H and O–H groups in total. The first-order valence-corrected chi connectivity index (χ1v) is 4.38. The summed E-state index contributed by atoms with van der Waals surface area (Å²) in [5.41, 5.74) is 0. The van der Waals surface area contributed by atoms with Crippen LogP contribution < -0.4 is 5.32 Å². The third kappa shape index (κ3) is 3.33. The van der Waals surface area contributed by atoms with E-state index in [0.717, 1.165) is 12.3 Å². The summed E-state index contributed by atoms with van der Waals surface area (Å²) in [5.74, 6) is -4.16. The van der Waals surface area contributed by atoms with Crippen molar-refractivity contribution in [3.8, 4) is 0 Å². The Kier molecular flexibility index (Phi) is 4.39. The Hall–Kier alpha value is -1.10. The Morgan fingerprint density at radius 2 is 1.79 bits per heavy atom. The zero-order valence-corrected chi connectivity index (χ0v) is 7.56.